The van der Waals surface area contributed by atoms with Gasteiger partial charge in [0.15, 0.2) is 0 Å². The van der Waals surface area contributed by atoms with Gasteiger partial charge in [-0.05, 0) is 52.9 Å². The van der Waals surface area contributed by atoms with Crippen LogP contribution in [0.3, 0.4) is 0 Å². The maximum atomic E-state index is 12.6. The van der Waals surface area contributed by atoms with Gasteiger partial charge in [0, 0.05) is 3.57 Å². The van der Waals surface area contributed by atoms with Crippen molar-refractivity contribution < 1.29 is 22.7 Å². The van der Waals surface area contributed by atoms with Crippen molar-refractivity contribution in [2.75, 3.05) is 13.2 Å². The van der Waals surface area contributed by atoms with Crippen molar-refractivity contribution in [3.63, 3.8) is 0 Å². The molecule has 0 aliphatic carbocycles. The molecule has 0 saturated heterocycles. The fourth-order valence-electron chi connectivity index (χ4n) is 1.86. The summed E-state index contributed by atoms with van der Waals surface area (Å²) in [7, 11) is 0. The SMILES string of the molecule is O=C(NCC#CCOc1cccc(C(F)(F)F)c1)c1ccccc1I. The van der Waals surface area contributed by atoms with Gasteiger partial charge in [0.1, 0.15) is 12.4 Å². The largest absolute Gasteiger partial charge is 0.481 e. The van der Waals surface area contributed by atoms with Gasteiger partial charge in [0.05, 0.1) is 17.7 Å². The molecule has 0 atom stereocenters. The summed E-state index contributed by atoms with van der Waals surface area (Å²) in [6.45, 7) is 0.0514. The molecule has 0 aromatic heterocycles. The second kappa shape index (κ2) is 8.76. The molecule has 1 amide bonds. The van der Waals surface area contributed by atoms with Gasteiger partial charge in [-0.1, -0.05) is 30.0 Å². The Labute approximate surface area is 156 Å². The van der Waals surface area contributed by atoms with E-state index in [4.69, 9.17) is 4.74 Å². The van der Waals surface area contributed by atoms with Crippen LogP contribution in [0.5, 0.6) is 5.75 Å². The monoisotopic (exact) mass is 459 g/mol. The van der Waals surface area contributed by atoms with E-state index in [1.54, 1.807) is 12.1 Å². The van der Waals surface area contributed by atoms with E-state index in [0.717, 1.165) is 15.7 Å². The summed E-state index contributed by atoms with van der Waals surface area (Å²) >= 11 is 2.07. The number of hydrogen-bond acceptors (Lipinski definition) is 2. The molecule has 7 heteroatoms. The minimum Gasteiger partial charge on any atom is -0.481 e. The highest BCUT2D eigenvalue weighted by molar-refractivity contribution is 14.1. The van der Waals surface area contributed by atoms with Gasteiger partial charge in [-0.2, -0.15) is 13.2 Å². The van der Waals surface area contributed by atoms with E-state index in [-0.39, 0.29) is 24.8 Å². The fourth-order valence-corrected chi connectivity index (χ4v) is 2.49. The van der Waals surface area contributed by atoms with Gasteiger partial charge in [-0.3, -0.25) is 4.79 Å². The molecule has 0 spiro atoms. The van der Waals surface area contributed by atoms with E-state index in [1.165, 1.54) is 12.1 Å². The number of halogens is 4. The predicted molar refractivity (Wildman–Crippen MR) is 96.2 cm³/mol. The number of alkyl halides is 3. The van der Waals surface area contributed by atoms with Gasteiger partial charge >= 0.3 is 6.18 Å². The highest BCUT2D eigenvalue weighted by atomic mass is 127. The van der Waals surface area contributed by atoms with E-state index >= 15 is 0 Å². The first-order valence-corrected chi connectivity index (χ1v) is 8.24. The molecule has 2 rings (SSSR count). The molecule has 0 heterocycles. The van der Waals surface area contributed by atoms with E-state index < -0.39 is 11.7 Å². The molecule has 3 nitrogen and oxygen atoms in total. The van der Waals surface area contributed by atoms with Crippen LogP contribution < -0.4 is 10.1 Å². The summed E-state index contributed by atoms with van der Waals surface area (Å²) in [5, 5.41) is 2.65. The van der Waals surface area contributed by atoms with Crippen molar-refractivity contribution in [2.45, 2.75) is 6.18 Å². The molecule has 0 aliphatic heterocycles. The number of nitrogens with one attached hydrogen (secondary N) is 1. The first-order chi connectivity index (χ1) is 11.9. The fraction of sp³-hybridized carbons (Fsp3) is 0.167. The molecule has 1 N–H and O–H groups in total. The zero-order valence-electron chi connectivity index (χ0n) is 12.9. The third-order valence-corrected chi connectivity index (χ3v) is 3.99. The van der Waals surface area contributed by atoms with Crippen molar-refractivity contribution in [2.24, 2.45) is 0 Å². The average Bonchev–Trinajstić information content (AvgIpc) is 2.57. The van der Waals surface area contributed by atoms with Crippen LogP contribution in [0.25, 0.3) is 0 Å². The molecular weight excluding hydrogens is 446 g/mol. The van der Waals surface area contributed by atoms with Gasteiger partial charge in [-0.15, -0.1) is 0 Å². The van der Waals surface area contributed by atoms with Gasteiger partial charge in [-0.25, -0.2) is 0 Å². The maximum Gasteiger partial charge on any atom is 0.416 e. The lowest BCUT2D eigenvalue weighted by Gasteiger charge is -2.08. The van der Waals surface area contributed by atoms with Crippen LogP contribution in [-0.2, 0) is 6.18 Å². The molecule has 0 saturated carbocycles. The summed E-state index contributed by atoms with van der Waals surface area (Å²) in [5.41, 5.74) is -0.215. The van der Waals surface area contributed by atoms with Crippen LogP contribution in [-0.4, -0.2) is 19.1 Å². The van der Waals surface area contributed by atoms with E-state index in [2.05, 4.69) is 39.7 Å². The normalized spacial score (nSPS) is 10.6. The summed E-state index contributed by atoms with van der Waals surface area (Å²) in [5.74, 6) is 5.18. The van der Waals surface area contributed by atoms with Crippen LogP contribution in [0, 0.1) is 15.4 Å². The Balaban J connectivity index is 1.80. The van der Waals surface area contributed by atoms with E-state index in [9.17, 15) is 18.0 Å². The third kappa shape index (κ3) is 5.98. The molecule has 0 unspecified atom stereocenters. The standard InChI is InChI=1S/C18H13F3INO2/c19-18(20,21)13-6-5-7-14(12-13)25-11-4-3-10-23-17(24)15-8-1-2-9-16(15)22/h1-2,5-9,12H,10-11H2,(H,23,24). The van der Waals surface area contributed by atoms with Crippen molar-refractivity contribution >= 4 is 28.5 Å². The first-order valence-electron chi connectivity index (χ1n) is 7.16. The van der Waals surface area contributed by atoms with Crippen LogP contribution in [0.4, 0.5) is 13.2 Å². The first kappa shape index (κ1) is 19.1. The van der Waals surface area contributed by atoms with Crippen molar-refractivity contribution in [1.82, 2.24) is 5.32 Å². The lowest BCUT2D eigenvalue weighted by Crippen LogP contribution is -2.24. The number of benzene rings is 2. The van der Waals surface area contributed by atoms with E-state index in [0.29, 0.717) is 5.56 Å². The second-order valence-corrected chi connectivity index (χ2v) is 5.99. The minimum absolute atomic E-state index is 0.0694. The summed E-state index contributed by atoms with van der Waals surface area (Å²) in [6, 6.07) is 11.7. The Morgan fingerprint density at radius 1 is 1.12 bits per heavy atom. The lowest BCUT2D eigenvalue weighted by atomic mass is 10.2. The molecule has 25 heavy (non-hydrogen) atoms. The summed E-state index contributed by atoms with van der Waals surface area (Å²) < 4.78 is 43.7. The topological polar surface area (TPSA) is 38.3 Å². The number of ether oxygens (including phenoxy) is 1. The van der Waals surface area contributed by atoms with Gasteiger partial charge in [0.2, 0.25) is 0 Å². The molecule has 0 fully saturated rings. The molecule has 130 valence electrons. The quantitative estimate of drug-likeness (QED) is 0.552. The molecule has 2 aromatic carbocycles. The van der Waals surface area contributed by atoms with Crippen LogP contribution in [0.1, 0.15) is 15.9 Å². The molecule has 0 bridgehead atoms. The number of rotatable bonds is 4. The van der Waals surface area contributed by atoms with Crippen LogP contribution in [0.15, 0.2) is 48.5 Å². The maximum absolute atomic E-state index is 12.6. The number of carbonyl (C=O) groups excluding carboxylic acids is 1. The predicted octanol–water partition coefficient (Wildman–Crippen LogP) is 4.12. The molecule has 2 aromatic rings. The molecule has 0 radical (unpaired) electrons. The minimum atomic E-state index is -4.41. The Morgan fingerprint density at radius 2 is 1.88 bits per heavy atom. The Bertz CT molecular complexity index is 810. The highest BCUT2D eigenvalue weighted by Gasteiger charge is 2.30. The van der Waals surface area contributed by atoms with Crippen molar-refractivity contribution in [3.05, 3.63) is 63.2 Å². The summed E-state index contributed by atoms with van der Waals surface area (Å²) in [4.78, 5) is 11.9. The Morgan fingerprint density at radius 3 is 2.60 bits per heavy atom. The van der Waals surface area contributed by atoms with Crippen LogP contribution >= 0.6 is 22.6 Å². The third-order valence-electron chi connectivity index (χ3n) is 3.05. The van der Waals surface area contributed by atoms with Crippen LogP contribution in [0.2, 0.25) is 0 Å². The lowest BCUT2D eigenvalue weighted by molar-refractivity contribution is -0.137. The highest BCUT2D eigenvalue weighted by Crippen LogP contribution is 2.31. The Hall–Kier alpha value is -2.21. The van der Waals surface area contributed by atoms with Crippen molar-refractivity contribution in [3.8, 4) is 17.6 Å². The van der Waals surface area contributed by atoms with Crippen molar-refractivity contribution in [1.29, 1.82) is 0 Å². The van der Waals surface area contributed by atoms with Gasteiger partial charge in [0.25, 0.3) is 5.91 Å². The molecule has 0 aliphatic rings. The van der Waals surface area contributed by atoms with E-state index in [1.807, 2.05) is 12.1 Å². The number of amides is 1. The average molecular weight is 459 g/mol. The zero-order valence-corrected chi connectivity index (χ0v) is 15.0. The number of carbonyl (C=O) groups is 1. The Kier molecular flexibility index (Phi) is 6.70. The number of hydrogen-bond donors (Lipinski definition) is 1. The van der Waals surface area contributed by atoms with Gasteiger partial charge < -0.3 is 10.1 Å². The zero-order chi connectivity index (χ0) is 18.3. The smallest absolute Gasteiger partial charge is 0.416 e. The second-order valence-electron chi connectivity index (χ2n) is 4.83. The molecular formula is C18H13F3INO2. The summed E-state index contributed by atoms with van der Waals surface area (Å²) in [6.07, 6.45) is -4.41.